The van der Waals surface area contributed by atoms with Crippen molar-refractivity contribution in [1.29, 1.82) is 0 Å². The van der Waals surface area contributed by atoms with Gasteiger partial charge in [0.2, 0.25) is 11.0 Å². The SMILES string of the molecule is CCCCc1ccc(C(=O)NC(C(=O)Nc2nnc(-c3ccc(OC)cc3)s2)C(C)C)cc1. The van der Waals surface area contributed by atoms with E-state index in [0.29, 0.717) is 15.7 Å². The summed E-state index contributed by atoms with van der Waals surface area (Å²) in [6.45, 7) is 5.93. The molecule has 0 fully saturated rings. The minimum absolute atomic E-state index is 0.105. The zero-order valence-electron chi connectivity index (χ0n) is 19.4. The van der Waals surface area contributed by atoms with Gasteiger partial charge in [-0.1, -0.05) is 50.7 Å². The summed E-state index contributed by atoms with van der Waals surface area (Å²) >= 11 is 1.27. The maximum Gasteiger partial charge on any atom is 0.251 e. The second-order valence-electron chi connectivity index (χ2n) is 8.13. The van der Waals surface area contributed by atoms with E-state index in [9.17, 15) is 9.59 Å². The van der Waals surface area contributed by atoms with Gasteiger partial charge < -0.3 is 10.1 Å². The molecule has 0 aliphatic carbocycles. The molecule has 3 rings (SSSR count). The number of nitrogens with zero attached hydrogens (tertiary/aromatic N) is 2. The quantitative estimate of drug-likeness (QED) is 0.441. The molecule has 0 saturated heterocycles. The minimum Gasteiger partial charge on any atom is -0.497 e. The van der Waals surface area contributed by atoms with Gasteiger partial charge in [-0.3, -0.25) is 14.9 Å². The summed E-state index contributed by atoms with van der Waals surface area (Å²) in [5.74, 6) is 0.0482. The van der Waals surface area contributed by atoms with Crippen molar-refractivity contribution in [3.63, 3.8) is 0 Å². The molecule has 3 aromatic rings. The molecule has 33 heavy (non-hydrogen) atoms. The lowest BCUT2D eigenvalue weighted by Crippen LogP contribution is -2.47. The fraction of sp³-hybridized carbons (Fsp3) is 0.360. The Morgan fingerprint density at radius 3 is 2.33 bits per heavy atom. The summed E-state index contributed by atoms with van der Waals surface area (Å²) in [7, 11) is 1.61. The summed E-state index contributed by atoms with van der Waals surface area (Å²) in [5, 5.41) is 15.0. The summed E-state index contributed by atoms with van der Waals surface area (Å²) < 4.78 is 5.17. The standard InChI is InChI=1S/C25H30N4O3S/c1-5-6-7-17-8-10-18(11-9-17)22(30)26-21(16(2)3)23(31)27-25-29-28-24(33-25)19-12-14-20(32-4)15-13-19/h8-16,21H,5-7H2,1-4H3,(H,26,30)(H,27,29,31). The average Bonchev–Trinajstić information content (AvgIpc) is 3.29. The third-order valence-electron chi connectivity index (χ3n) is 5.26. The van der Waals surface area contributed by atoms with E-state index >= 15 is 0 Å². The topological polar surface area (TPSA) is 93.2 Å². The summed E-state index contributed by atoms with van der Waals surface area (Å²) in [6, 6.07) is 14.3. The van der Waals surface area contributed by atoms with Crippen LogP contribution in [0.15, 0.2) is 48.5 Å². The maximum atomic E-state index is 12.9. The number of nitrogens with one attached hydrogen (secondary N) is 2. The molecule has 7 nitrogen and oxygen atoms in total. The first-order valence-electron chi connectivity index (χ1n) is 11.1. The van der Waals surface area contributed by atoms with Crippen LogP contribution in [0.1, 0.15) is 49.5 Å². The molecule has 8 heteroatoms. The van der Waals surface area contributed by atoms with Gasteiger partial charge in [0.25, 0.3) is 5.91 Å². The van der Waals surface area contributed by atoms with Crippen LogP contribution in [0, 0.1) is 5.92 Å². The summed E-state index contributed by atoms with van der Waals surface area (Å²) in [5.41, 5.74) is 2.62. The Kier molecular flexibility index (Phi) is 8.54. The predicted octanol–water partition coefficient (Wildman–Crippen LogP) is 4.95. The molecule has 1 heterocycles. The Balaban J connectivity index is 1.64. The number of ether oxygens (including phenoxy) is 1. The second kappa shape index (κ2) is 11.6. The third kappa shape index (κ3) is 6.61. The lowest BCUT2D eigenvalue weighted by atomic mass is 10.0. The molecular formula is C25H30N4O3S. The Labute approximate surface area is 198 Å². The summed E-state index contributed by atoms with van der Waals surface area (Å²) in [4.78, 5) is 25.7. The normalized spacial score (nSPS) is 11.8. The van der Waals surface area contributed by atoms with E-state index in [0.717, 1.165) is 30.6 Å². The number of methoxy groups -OCH3 is 1. The van der Waals surface area contributed by atoms with Gasteiger partial charge in [-0.15, -0.1) is 10.2 Å². The molecule has 2 amide bonds. The molecule has 0 aliphatic heterocycles. The van der Waals surface area contributed by atoms with Gasteiger partial charge >= 0.3 is 0 Å². The minimum atomic E-state index is -0.703. The van der Waals surface area contributed by atoms with Crippen LogP contribution < -0.4 is 15.4 Å². The molecule has 0 saturated carbocycles. The van der Waals surface area contributed by atoms with Gasteiger partial charge in [-0.25, -0.2) is 0 Å². The van der Waals surface area contributed by atoms with Gasteiger partial charge in [0.05, 0.1) is 7.11 Å². The molecule has 2 N–H and O–H groups in total. The molecule has 1 unspecified atom stereocenters. The van der Waals surface area contributed by atoms with Crippen LogP contribution in [0.5, 0.6) is 5.75 Å². The van der Waals surface area contributed by atoms with Gasteiger partial charge in [-0.2, -0.15) is 0 Å². The largest absolute Gasteiger partial charge is 0.497 e. The lowest BCUT2D eigenvalue weighted by molar-refractivity contribution is -0.118. The van der Waals surface area contributed by atoms with E-state index in [1.54, 1.807) is 7.11 Å². The Hall–Kier alpha value is -3.26. The van der Waals surface area contributed by atoms with Crippen molar-refractivity contribution in [3.05, 3.63) is 59.7 Å². The number of benzene rings is 2. The zero-order valence-corrected chi connectivity index (χ0v) is 20.2. The van der Waals surface area contributed by atoms with E-state index in [1.807, 2.05) is 62.4 Å². The highest BCUT2D eigenvalue weighted by Crippen LogP contribution is 2.28. The third-order valence-corrected chi connectivity index (χ3v) is 6.15. The van der Waals surface area contributed by atoms with E-state index in [-0.39, 0.29) is 17.7 Å². The number of rotatable bonds is 10. The van der Waals surface area contributed by atoms with Crippen LogP contribution in [0.25, 0.3) is 10.6 Å². The van der Waals surface area contributed by atoms with Crippen LogP contribution in [0.3, 0.4) is 0 Å². The Bertz CT molecular complexity index is 1060. The smallest absolute Gasteiger partial charge is 0.251 e. The number of aryl methyl sites for hydroxylation is 1. The number of unbranched alkanes of at least 4 members (excludes halogenated alkanes) is 1. The van der Waals surface area contributed by atoms with Gasteiger partial charge in [0.1, 0.15) is 16.8 Å². The second-order valence-corrected chi connectivity index (χ2v) is 9.10. The van der Waals surface area contributed by atoms with Crippen LogP contribution in [0.4, 0.5) is 5.13 Å². The van der Waals surface area contributed by atoms with E-state index in [2.05, 4.69) is 27.8 Å². The molecule has 1 atom stereocenters. The van der Waals surface area contributed by atoms with Crippen molar-refractivity contribution < 1.29 is 14.3 Å². The van der Waals surface area contributed by atoms with E-state index in [1.165, 1.54) is 16.9 Å². The van der Waals surface area contributed by atoms with Gasteiger partial charge in [0.15, 0.2) is 0 Å². The fourth-order valence-corrected chi connectivity index (χ4v) is 4.02. The van der Waals surface area contributed by atoms with Crippen molar-refractivity contribution >= 4 is 28.3 Å². The van der Waals surface area contributed by atoms with Gasteiger partial charge in [0, 0.05) is 11.1 Å². The van der Waals surface area contributed by atoms with Crippen molar-refractivity contribution in [2.24, 2.45) is 5.92 Å². The molecule has 0 aliphatic rings. The van der Waals surface area contributed by atoms with E-state index in [4.69, 9.17) is 4.74 Å². The average molecular weight is 467 g/mol. The van der Waals surface area contributed by atoms with Crippen LogP contribution >= 0.6 is 11.3 Å². The fourth-order valence-electron chi connectivity index (χ4n) is 3.27. The monoisotopic (exact) mass is 466 g/mol. The lowest BCUT2D eigenvalue weighted by Gasteiger charge is -2.21. The first-order valence-corrected chi connectivity index (χ1v) is 11.9. The Morgan fingerprint density at radius 1 is 1.03 bits per heavy atom. The zero-order chi connectivity index (χ0) is 23.8. The molecule has 1 aromatic heterocycles. The molecule has 2 aromatic carbocycles. The highest BCUT2D eigenvalue weighted by Gasteiger charge is 2.26. The first kappa shape index (κ1) is 24.4. The number of carbonyl (C=O) groups excluding carboxylic acids is 2. The number of amides is 2. The Morgan fingerprint density at radius 2 is 1.73 bits per heavy atom. The number of hydrogen-bond donors (Lipinski definition) is 2. The van der Waals surface area contributed by atoms with Crippen LogP contribution in [-0.4, -0.2) is 35.2 Å². The number of hydrogen-bond acceptors (Lipinski definition) is 6. The maximum absolute atomic E-state index is 12.9. The number of anilines is 1. The van der Waals surface area contributed by atoms with Crippen molar-refractivity contribution in [2.45, 2.75) is 46.1 Å². The predicted molar refractivity (Wildman–Crippen MR) is 132 cm³/mol. The molecule has 0 bridgehead atoms. The first-order chi connectivity index (χ1) is 15.9. The molecule has 174 valence electrons. The van der Waals surface area contributed by atoms with Gasteiger partial charge in [-0.05, 0) is 60.7 Å². The molecule has 0 spiro atoms. The molecule has 0 radical (unpaired) electrons. The van der Waals surface area contributed by atoms with Crippen molar-refractivity contribution in [3.8, 4) is 16.3 Å². The van der Waals surface area contributed by atoms with Crippen molar-refractivity contribution in [2.75, 3.05) is 12.4 Å². The summed E-state index contributed by atoms with van der Waals surface area (Å²) in [6.07, 6.45) is 3.24. The molecular weight excluding hydrogens is 436 g/mol. The number of aromatic nitrogens is 2. The van der Waals surface area contributed by atoms with Crippen LogP contribution in [-0.2, 0) is 11.2 Å². The highest BCUT2D eigenvalue weighted by atomic mass is 32.1. The van der Waals surface area contributed by atoms with E-state index < -0.39 is 6.04 Å². The number of carbonyl (C=O) groups is 2. The highest BCUT2D eigenvalue weighted by molar-refractivity contribution is 7.18. The van der Waals surface area contributed by atoms with Crippen LogP contribution in [0.2, 0.25) is 0 Å². The van der Waals surface area contributed by atoms with Crippen molar-refractivity contribution in [1.82, 2.24) is 15.5 Å².